The molecule has 88 valence electrons. The molecule has 1 aromatic heterocycles. The molecule has 0 aliphatic heterocycles. The maximum atomic E-state index is 9.28. The third-order valence-corrected chi connectivity index (χ3v) is 2.73. The van der Waals surface area contributed by atoms with Gasteiger partial charge in [-0.3, -0.25) is 4.98 Å². The van der Waals surface area contributed by atoms with Crippen LogP contribution in [0.2, 0.25) is 0 Å². The van der Waals surface area contributed by atoms with E-state index in [1.165, 1.54) is 5.56 Å². The molecule has 3 nitrogen and oxygen atoms in total. The molecule has 3 heteroatoms. The Morgan fingerprint density at radius 1 is 1.18 bits per heavy atom. The van der Waals surface area contributed by atoms with Gasteiger partial charge in [-0.25, -0.2) is 0 Å². The Balaban J connectivity index is 2.17. The Morgan fingerprint density at radius 2 is 1.94 bits per heavy atom. The minimum absolute atomic E-state index is 0.0387. The number of anilines is 1. The molecule has 17 heavy (non-hydrogen) atoms. The van der Waals surface area contributed by atoms with E-state index in [9.17, 15) is 5.11 Å². The summed E-state index contributed by atoms with van der Waals surface area (Å²) < 4.78 is 0. The highest BCUT2D eigenvalue weighted by Crippen LogP contribution is 2.19. The molecule has 2 rings (SSSR count). The van der Waals surface area contributed by atoms with E-state index >= 15 is 0 Å². The van der Waals surface area contributed by atoms with E-state index in [1.54, 1.807) is 12.4 Å². The van der Waals surface area contributed by atoms with Crippen LogP contribution in [0.5, 0.6) is 0 Å². The SMILES string of the molecule is CN(Cc1ccccc1)c1cnccc1CO. The summed E-state index contributed by atoms with van der Waals surface area (Å²) in [5, 5.41) is 9.28. The lowest BCUT2D eigenvalue weighted by atomic mass is 10.2. The van der Waals surface area contributed by atoms with Gasteiger partial charge in [-0.2, -0.15) is 0 Å². The van der Waals surface area contributed by atoms with Gasteiger partial charge in [0.25, 0.3) is 0 Å². The van der Waals surface area contributed by atoms with Crippen LogP contribution in [-0.2, 0) is 13.2 Å². The van der Waals surface area contributed by atoms with Crippen LogP contribution in [0.4, 0.5) is 5.69 Å². The zero-order valence-corrected chi connectivity index (χ0v) is 9.87. The minimum atomic E-state index is 0.0387. The van der Waals surface area contributed by atoms with Gasteiger partial charge in [0.1, 0.15) is 0 Å². The van der Waals surface area contributed by atoms with Crippen LogP contribution >= 0.6 is 0 Å². The molecule has 0 unspecified atom stereocenters. The Kier molecular flexibility index (Phi) is 3.73. The fourth-order valence-corrected chi connectivity index (χ4v) is 1.83. The van der Waals surface area contributed by atoms with Crippen molar-refractivity contribution in [1.29, 1.82) is 0 Å². The van der Waals surface area contributed by atoms with Crippen molar-refractivity contribution in [2.45, 2.75) is 13.2 Å². The summed E-state index contributed by atoms with van der Waals surface area (Å²) in [6, 6.07) is 12.1. The number of aromatic nitrogens is 1. The molecule has 0 bridgehead atoms. The number of benzene rings is 1. The van der Waals surface area contributed by atoms with Crippen LogP contribution < -0.4 is 4.90 Å². The third-order valence-electron chi connectivity index (χ3n) is 2.73. The van der Waals surface area contributed by atoms with Gasteiger partial charge in [0, 0.05) is 25.4 Å². The lowest BCUT2D eigenvalue weighted by molar-refractivity contribution is 0.282. The molecule has 1 N–H and O–H groups in total. The van der Waals surface area contributed by atoms with Gasteiger partial charge in [-0.1, -0.05) is 30.3 Å². The highest BCUT2D eigenvalue weighted by molar-refractivity contribution is 5.51. The van der Waals surface area contributed by atoms with Crippen molar-refractivity contribution in [2.75, 3.05) is 11.9 Å². The number of hydrogen-bond donors (Lipinski definition) is 1. The van der Waals surface area contributed by atoms with Gasteiger partial charge in [0.05, 0.1) is 18.5 Å². The summed E-state index contributed by atoms with van der Waals surface area (Å²) >= 11 is 0. The smallest absolute Gasteiger partial charge is 0.0703 e. The van der Waals surface area contributed by atoms with Crippen LogP contribution in [0, 0.1) is 0 Å². The highest BCUT2D eigenvalue weighted by atomic mass is 16.3. The van der Waals surface area contributed by atoms with Crippen LogP contribution in [-0.4, -0.2) is 17.1 Å². The molecule has 1 heterocycles. The van der Waals surface area contributed by atoms with Gasteiger partial charge in [0.15, 0.2) is 0 Å². The molecule has 0 saturated heterocycles. The van der Waals surface area contributed by atoms with E-state index in [0.717, 1.165) is 17.8 Å². The maximum Gasteiger partial charge on any atom is 0.0703 e. The first-order valence-corrected chi connectivity index (χ1v) is 5.60. The largest absolute Gasteiger partial charge is 0.392 e. The average molecular weight is 228 g/mol. The van der Waals surface area contributed by atoms with Crippen molar-refractivity contribution in [3.8, 4) is 0 Å². The second-order valence-electron chi connectivity index (χ2n) is 4.00. The van der Waals surface area contributed by atoms with Crippen molar-refractivity contribution < 1.29 is 5.11 Å². The van der Waals surface area contributed by atoms with Crippen LogP contribution in [0.15, 0.2) is 48.8 Å². The van der Waals surface area contributed by atoms with E-state index in [2.05, 4.69) is 22.0 Å². The topological polar surface area (TPSA) is 36.4 Å². The first-order valence-electron chi connectivity index (χ1n) is 5.60. The second-order valence-corrected chi connectivity index (χ2v) is 4.00. The Hall–Kier alpha value is -1.87. The first kappa shape index (κ1) is 11.6. The molecule has 0 aliphatic carbocycles. The number of rotatable bonds is 4. The number of aliphatic hydroxyl groups excluding tert-OH is 1. The van der Waals surface area contributed by atoms with Gasteiger partial charge >= 0.3 is 0 Å². The Labute approximate surface area is 101 Å². The molecule has 0 amide bonds. The van der Waals surface area contributed by atoms with Gasteiger partial charge < -0.3 is 10.0 Å². The quantitative estimate of drug-likeness (QED) is 0.871. The monoisotopic (exact) mass is 228 g/mol. The van der Waals surface area contributed by atoms with E-state index < -0.39 is 0 Å². The summed E-state index contributed by atoms with van der Waals surface area (Å²) in [6.45, 7) is 0.844. The van der Waals surface area contributed by atoms with Gasteiger partial charge in [-0.15, -0.1) is 0 Å². The summed E-state index contributed by atoms with van der Waals surface area (Å²) in [4.78, 5) is 6.19. The van der Waals surface area contributed by atoms with E-state index in [1.807, 2.05) is 31.3 Å². The van der Waals surface area contributed by atoms with Crippen molar-refractivity contribution in [1.82, 2.24) is 4.98 Å². The molecule has 0 spiro atoms. The number of aliphatic hydroxyl groups is 1. The van der Waals surface area contributed by atoms with Crippen LogP contribution in [0.25, 0.3) is 0 Å². The zero-order valence-electron chi connectivity index (χ0n) is 9.87. The first-order chi connectivity index (χ1) is 8.31. The van der Waals surface area contributed by atoms with E-state index in [0.29, 0.717) is 0 Å². The summed E-state index contributed by atoms with van der Waals surface area (Å²) in [5.41, 5.74) is 3.11. The number of hydrogen-bond acceptors (Lipinski definition) is 3. The zero-order chi connectivity index (χ0) is 12.1. The third kappa shape index (κ3) is 2.82. The Morgan fingerprint density at radius 3 is 2.65 bits per heavy atom. The highest BCUT2D eigenvalue weighted by Gasteiger charge is 2.06. The molecule has 2 aromatic rings. The second kappa shape index (κ2) is 5.46. The molecule has 1 aromatic carbocycles. The molecule has 0 aliphatic rings. The van der Waals surface area contributed by atoms with Gasteiger partial charge in [0.2, 0.25) is 0 Å². The normalized spacial score (nSPS) is 10.2. The standard InChI is InChI=1S/C14H16N2O/c1-16(10-12-5-3-2-4-6-12)14-9-15-8-7-13(14)11-17/h2-9,17H,10-11H2,1H3. The summed E-state index contributed by atoms with van der Waals surface area (Å²) in [7, 11) is 2.00. The molecule has 0 radical (unpaired) electrons. The van der Waals surface area contributed by atoms with Crippen LogP contribution in [0.3, 0.4) is 0 Å². The average Bonchev–Trinajstić information content (AvgIpc) is 2.40. The van der Waals surface area contributed by atoms with Crippen molar-refractivity contribution >= 4 is 5.69 Å². The van der Waals surface area contributed by atoms with Crippen molar-refractivity contribution in [3.05, 3.63) is 59.9 Å². The van der Waals surface area contributed by atoms with Crippen molar-refractivity contribution in [2.24, 2.45) is 0 Å². The minimum Gasteiger partial charge on any atom is -0.392 e. The molecular formula is C14H16N2O. The predicted molar refractivity (Wildman–Crippen MR) is 68.7 cm³/mol. The molecule has 0 saturated carbocycles. The van der Waals surface area contributed by atoms with E-state index in [4.69, 9.17) is 0 Å². The van der Waals surface area contributed by atoms with Crippen LogP contribution in [0.1, 0.15) is 11.1 Å². The molecule has 0 atom stereocenters. The number of pyridine rings is 1. The molecule has 0 fully saturated rings. The fraction of sp³-hybridized carbons (Fsp3) is 0.214. The number of nitrogens with zero attached hydrogens (tertiary/aromatic N) is 2. The van der Waals surface area contributed by atoms with Gasteiger partial charge in [-0.05, 0) is 11.6 Å². The molecular weight excluding hydrogens is 212 g/mol. The van der Waals surface area contributed by atoms with Crippen molar-refractivity contribution in [3.63, 3.8) is 0 Å². The Bertz CT molecular complexity index is 471. The lowest BCUT2D eigenvalue weighted by Crippen LogP contribution is -2.18. The lowest BCUT2D eigenvalue weighted by Gasteiger charge is -2.21. The predicted octanol–water partition coefficient (Wildman–Crippen LogP) is 2.21. The summed E-state index contributed by atoms with van der Waals surface area (Å²) in [6.07, 6.45) is 3.49. The fourth-order valence-electron chi connectivity index (χ4n) is 1.83. The maximum absolute atomic E-state index is 9.28. The van der Waals surface area contributed by atoms with E-state index in [-0.39, 0.29) is 6.61 Å². The summed E-state index contributed by atoms with van der Waals surface area (Å²) in [5.74, 6) is 0.